The van der Waals surface area contributed by atoms with Crippen molar-refractivity contribution in [3.05, 3.63) is 93.8 Å². The summed E-state index contributed by atoms with van der Waals surface area (Å²) in [4.78, 5) is 25.3. The molecule has 3 aromatic carbocycles. The van der Waals surface area contributed by atoms with Crippen LogP contribution < -0.4 is 15.5 Å². The van der Waals surface area contributed by atoms with Gasteiger partial charge in [-0.15, -0.1) is 0 Å². The Labute approximate surface area is 187 Å². The predicted molar refractivity (Wildman–Crippen MR) is 124 cm³/mol. The van der Waals surface area contributed by atoms with E-state index in [-0.39, 0.29) is 11.2 Å². The van der Waals surface area contributed by atoms with Gasteiger partial charge in [0.2, 0.25) is 0 Å². The minimum atomic E-state index is -0.431. The molecule has 1 amide bonds. The van der Waals surface area contributed by atoms with Crippen molar-refractivity contribution in [2.45, 2.75) is 0 Å². The SMILES string of the molecule is COc1ccccc1-c1cc(=O)c2ccc(NC(=O)c3cc4cc(Cl)ccc4o3)cc2o1. The van der Waals surface area contributed by atoms with Gasteiger partial charge in [0, 0.05) is 28.2 Å². The van der Waals surface area contributed by atoms with Crippen molar-refractivity contribution < 1.29 is 18.4 Å². The zero-order valence-corrected chi connectivity index (χ0v) is 17.6. The van der Waals surface area contributed by atoms with Crippen molar-refractivity contribution in [1.29, 1.82) is 0 Å². The van der Waals surface area contributed by atoms with Crippen LogP contribution in [-0.2, 0) is 0 Å². The molecule has 0 aliphatic heterocycles. The summed E-state index contributed by atoms with van der Waals surface area (Å²) in [5.41, 5.74) is 1.82. The van der Waals surface area contributed by atoms with Crippen LogP contribution in [0.15, 0.2) is 86.4 Å². The number of methoxy groups -OCH3 is 1. The maximum Gasteiger partial charge on any atom is 0.291 e. The maximum atomic E-state index is 12.7. The molecule has 0 saturated heterocycles. The summed E-state index contributed by atoms with van der Waals surface area (Å²) < 4.78 is 17.0. The molecule has 6 nitrogen and oxygen atoms in total. The molecule has 1 N–H and O–H groups in total. The van der Waals surface area contributed by atoms with Crippen LogP contribution >= 0.6 is 11.6 Å². The van der Waals surface area contributed by atoms with Gasteiger partial charge in [0.1, 0.15) is 22.7 Å². The molecule has 32 heavy (non-hydrogen) atoms. The van der Waals surface area contributed by atoms with E-state index >= 15 is 0 Å². The highest BCUT2D eigenvalue weighted by Crippen LogP contribution is 2.31. The first-order valence-corrected chi connectivity index (χ1v) is 10.1. The first-order chi connectivity index (χ1) is 15.5. The van der Waals surface area contributed by atoms with Crippen molar-refractivity contribution in [3.8, 4) is 17.1 Å². The lowest BCUT2D eigenvalue weighted by atomic mass is 10.1. The van der Waals surface area contributed by atoms with E-state index in [1.165, 1.54) is 6.07 Å². The van der Waals surface area contributed by atoms with Gasteiger partial charge >= 0.3 is 0 Å². The lowest BCUT2D eigenvalue weighted by molar-refractivity contribution is 0.0998. The number of halogens is 1. The van der Waals surface area contributed by atoms with Gasteiger partial charge < -0.3 is 18.9 Å². The Morgan fingerprint density at radius 3 is 2.62 bits per heavy atom. The van der Waals surface area contributed by atoms with Crippen LogP contribution in [0.1, 0.15) is 10.6 Å². The molecular formula is C25H16ClNO5. The quantitative estimate of drug-likeness (QED) is 0.360. The third kappa shape index (κ3) is 3.61. The fraction of sp³-hybridized carbons (Fsp3) is 0.0400. The van der Waals surface area contributed by atoms with Crippen LogP contribution in [0.2, 0.25) is 5.02 Å². The Bertz CT molecular complexity index is 1550. The number of nitrogens with one attached hydrogen (secondary N) is 1. The predicted octanol–water partition coefficient (Wildman–Crippen LogP) is 6.12. The minimum Gasteiger partial charge on any atom is -0.496 e. The number of para-hydroxylation sites is 1. The van der Waals surface area contributed by atoms with Crippen LogP contribution in [0, 0.1) is 0 Å². The Morgan fingerprint density at radius 2 is 1.78 bits per heavy atom. The van der Waals surface area contributed by atoms with Gasteiger partial charge in [-0.1, -0.05) is 23.7 Å². The molecule has 0 spiro atoms. The Balaban J connectivity index is 1.50. The molecule has 5 rings (SSSR count). The highest BCUT2D eigenvalue weighted by molar-refractivity contribution is 6.31. The van der Waals surface area contributed by atoms with E-state index in [1.54, 1.807) is 55.6 Å². The van der Waals surface area contributed by atoms with Gasteiger partial charge in [-0.3, -0.25) is 9.59 Å². The number of rotatable bonds is 4. The summed E-state index contributed by atoms with van der Waals surface area (Å²) in [6.45, 7) is 0. The number of fused-ring (bicyclic) bond motifs is 2. The number of furan rings is 1. The van der Waals surface area contributed by atoms with Crippen LogP contribution in [0.5, 0.6) is 5.75 Å². The highest BCUT2D eigenvalue weighted by atomic mass is 35.5. The zero-order valence-electron chi connectivity index (χ0n) is 16.8. The van der Waals surface area contributed by atoms with E-state index in [9.17, 15) is 9.59 Å². The standard InChI is InChI=1S/C25H16ClNO5/c1-30-21-5-3-2-4-18(21)23-13-19(28)17-8-7-16(12-22(17)32-23)27-25(29)24-11-14-10-15(26)6-9-20(14)31-24/h2-13H,1H3,(H,27,29). The van der Waals surface area contributed by atoms with Crippen LogP contribution in [0.25, 0.3) is 33.3 Å². The van der Waals surface area contributed by atoms with E-state index in [0.717, 1.165) is 5.39 Å². The van der Waals surface area contributed by atoms with Crippen molar-refractivity contribution >= 4 is 45.1 Å². The fourth-order valence-electron chi connectivity index (χ4n) is 3.53. The Morgan fingerprint density at radius 1 is 0.938 bits per heavy atom. The molecular weight excluding hydrogens is 430 g/mol. The van der Waals surface area contributed by atoms with Crippen LogP contribution in [0.4, 0.5) is 5.69 Å². The smallest absolute Gasteiger partial charge is 0.291 e. The maximum absolute atomic E-state index is 12.7. The van der Waals surface area contributed by atoms with E-state index < -0.39 is 5.91 Å². The van der Waals surface area contributed by atoms with Gasteiger partial charge in [0.15, 0.2) is 11.2 Å². The number of anilines is 1. The van der Waals surface area contributed by atoms with Crippen molar-refractivity contribution in [2.24, 2.45) is 0 Å². The molecule has 0 aliphatic rings. The van der Waals surface area contributed by atoms with Crippen molar-refractivity contribution in [2.75, 3.05) is 12.4 Å². The third-order valence-corrected chi connectivity index (χ3v) is 5.30. The van der Waals surface area contributed by atoms with Gasteiger partial charge in [0.05, 0.1) is 18.1 Å². The molecule has 0 aliphatic carbocycles. The molecule has 0 radical (unpaired) electrons. The molecule has 0 saturated carbocycles. The number of benzene rings is 3. The van der Waals surface area contributed by atoms with Crippen molar-refractivity contribution in [1.82, 2.24) is 0 Å². The average molecular weight is 446 g/mol. The monoisotopic (exact) mass is 445 g/mol. The number of carbonyl (C=O) groups excluding carboxylic acids is 1. The molecule has 7 heteroatoms. The second kappa shape index (κ2) is 7.90. The van der Waals surface area contributed by atoms with Crippen LogP contribution in [0.3, 0.4) is 0 Å². The molecule has 5 aromatic rings. The van der Waals surface area contributed by atoms with Crippen molar-refractivity contribution in [3.63, 3.8) is 0 Å². The van der Waals surface area contributed by atoms with Gasteiger partial charge in [-0.2, -0.15) is 0 Å². The number of ether oxygens (including phenoxy) is 1. The van der Waals surface area contributed by atoms with Gasteiger partial charge in [0.25, 0.3) is 5.91 Å². The molecule has 0 atom stereocenters. The molecule has 0 bridgehead atoms. The van der Waals surface area contributed by atoms with Gasteiger partial charge in [-0.25, -0.2) is 0 Å². The summed E-state index contributed by atoms with van der Waals surface area (Å²) >= 11 is 6.00. The second-order valence-electron chi connectivity index (χ2n) is 7.13. The summed E-state index contributed by atoms with van der Waals surface area (Å²) in [7, 11) is 1.55. The average Bonchev–Trinajstić information content (AvgIpc) is 3.22. The summed E-state index contributed by atoms with van der Waals surface area (Å²) in [6, 6.07) is 20.3. The van der Waals surface area contributed by atoms with Crippen LogP contribution in [-0.4, -0.2) is 13.0 Å². The molecule has 0 unspecified atom stereocenters. The lowest BCUT2D eigenvalue weighted by Gasteiger charge is -2.09. The topological polar surface area (TPSA) is 81.7 Å². The molecule has 0 fully saturated rings. The molecule has 2 aromatic heterocycles. The van der Waals surface area contributed by atoms with E-state index in [4.69, 9.17) is 25.2 Å². The van der Waals surface area contributed by atoms with E-state index in [0.29, 0.717) is 44.3 Å². The summed E-state index contributed by atoms with van der Waals surface area (Å²) in [5, 5.41) is 4.46. The normalized spacial score (nSPS) is 11.1. The second-order valence-corrected chi connectivity index (χ2v) is 7.57. The number of hydrogen-bond donors (Lipinski definition) is 1. The first kappa shape index (κ1) is 19.9. The summed E-state index contributed by atoms with van der Waals surface area (Å²) in [6.07, 6.45) is 0. The minimum absolute atomic E-state index is 0.145. The van der Waals surface area contributed by atoms with Gasteiger partial charge in [-0.05, 0) is 48.5 Å². The number of carbonyl (C=O) groups is 1. The zero-order chi connectivity index (χ0) is 22.2. The third-order valence-electron chi connectivity index (χ3n) is 5.06. The summed E-state index contributed by atoms with van der Waals surface area (Å²) in [5.74, 6) is 0.675. The Hall–Kier alpha value is -4.03. The van der Waals surface area contributed by atoms with E-state index in [2.05, 4.69) is 5.32 Å². The fourth-order valence-corrected chi connectivity index (χ4v) is 3.71. The highest BCUT2D eigenvalue weighted by Gasteiger charge is 2.15. The lowest BCUT2D eigenvalue weighted by Crippen LogP contribution is -2.11. The molecule has 2 heterocycles. The Kier molecular flexibility index (Phi) is 4.92. The molecule has 158 valence electrons. The number of amides is 1. The first-order valence-electron chi connectivity index (χ1n) is 9.73. The van der Waals surface area contributed by atoms with E-state index in [1.807, 2.05) is 18.2 Å². The number of hydrogen-bond acceptors (Lipinski definition) is 5. The largest absolute Gasteiger partial charge is 0.496 e.